The Balaban J connectivity index is 2.15. The Morgan fingerprint density at radius 2 is 1.90 bits per heavy atom. The fourth-order valence-corrected chi connectivity index (χ4v) is 3.51. The molecule has 0 saturated heterocycles. The van der Waals surface area contributed by atoms with Gasteiger partial charge in [0, 0.05) is 6.04 Å². The first-order valence-corrected chi connectivity index (χ1v) is 7.60. The van der Waals surface area contributed by atoms with Gasteiger partial charge in [-0.2, -0.15) is 0 Å². The molecule has 0 bridgehead atoms. The van der Waals surface area contributed by atoms with E-state index in [4.69, 9.17) is 4.74 Å². The molecule has 1 N–H and O–H groups in total. The first kappa shape index (κ1) is 14.2. The molecule has 110 valence electrons. The zero-order valence-corrected chi connectivity index (χ0v) is 13.3. The molecule has 0 spiro atoms. The predicted octanol–water partition coefficient (Wildman–Crippen LogP) is 4.19. The first-order valence-electron chi connectivity index (χ1n) is 7.60. The smallest absolute Gasteiger partial charge is 0.122 e. The number of aryl methyl sites for hydroxylation is 2. The molecule has 0 amide bonds. The van der Waals surface area contributed by atoms with Crippen molar-refractivity contribution in [3.63, 3.8) is 0 Å². The van der Waals surface area contributed by atoms with Crippen molar-refractivity contribution in [3.8, 4) is 16.9 Å². The second kappa shape index (κ2) is 5.53. The Morgan fingerprint density at radius 3 is 2.62 bits per heavy atom. The predicted molar refractivity (Wildman–Crippen MR) is 88.0 cm³/mol. The third kappa shape index (κ3) is 2.34. The molecular formula is C19H23NO. The van der Waals surface area contributed by atoms with Gasteiger partial charge < -0.3 is 10.1 Å². The standard InChI is InChI=1S/C19H23NO/c1-12-11-19(21-4)13(2)10-17(12)14-6-5-7-16-15(14)8-9-18(16)20-3/h5-7,10-11,18,20H,8-9H2,1-4H3. The van der Waals surface area contributed by atoms with E-state index in [1.54, 1.807) is 7.11 Å². The summed E-state index contributed by atoms with van der Waals surface area (Å²) in [6.07, 6.45) is 2.35. The Hall–Kier alpha value is -1.80. The molecule has 21 heavy (non-hydrogen) atoms. The third-order valence-electron chi connectivity index (χ3n) is 4.65. The summed E-state index contributed by atoms with van der Waals surface area (Å²) in [6.45, 7) is 4.28. The van der Waals surface area contributed by atoms with Gasteiger partial charge in [0.15, 0.2) is 0 Å². The number of rotatable bonds is 3. The van der Waals surface area contributed by atoms with Crippen LogP contribution in [0.1, 0.15) is 34.7 Å². The maximum absolute atomic E-state index is 5.43. The summed E-state index contributed by atoms with van der Waals surface area (Å²) in [5.74, 6) is 0.969. The lowest BCUT2D eigenvalue weighted by Gasteiger charge is -2.16. The van der Waals surface area contributed by atoms with Crippen LogP contribution in [0.2, 0.25) is 0 Å². The molecular weight excluding hydrogens is 258 g/mol. The summed E-state index contributed by atoms with van der Waals surface area (Å²) >= 11 is 0. The molecule has 2 aromatic carbocycles. The zero-order chi connectivity index (χ0) is 15.0. The van der Waals surface area contributed by atoms with Gasteiger partial charge >= 0.3 is 0 Å². The van der Waals surface area contributed by atoms with Gasteiger partial charge in [0.05, 0.1) is 7.11 Å². The summed E-state index contributed by atoms with van der Waals surface area (Å²) in [7, 11) is 3.79. The second-order valence-electron chi connectivity index (χ2n) is 5.89. The highest BCUT2D eigenvalue weighted by Crippen LogP contribution is 2.39. The molecule has 1 aliphatic rings. The van der Waals surface area contributed by atoms with E-state index in [9.17, 15) is 0 Å². The van der Waals surface area contributed by atoms with Crippen LogP contribution in [0.3, 0.4) is 0 Å². The number of benzene rings is 2. The maximum atomic E-state index is 5.43. The minimum absolute atomic E-state index is 0.500. The molecule has 0 aliphatic heterocycles. The summed E-state index contributed by atoms with van der Waals surface area (Å²) in [5, 5.41) is 3.42. The topological polar surface area (TPSA) is 21.3 Å². The number of fused-ring (bicyclic) bond motifs is 1. The zero-order valence-electron chi connectivity index (χ0n) is 13.3. The molecule has 0 heterocycles. The normalized spacial score (nSPS) is 16.9. The maximum Gasteiger partial charge on any atom is 0.122 e. The number of ether oxygens (including phenoxy) is 1. The van der Waals surface area contributed by atoms with Crippen LogP contribution in [-0.4, -0.2) is 14.2 Å². The Bertz CT molecular complexity index is 676. The molecule has 0 fully saturated rings. The quantitative estimate of drug-likeness (QED) is 0.911. The van der Waals surface area contributed by atoms with E-state index >= 15 is 0 Å². The van der Waals surface area contributed by atoms with Gasteiger partial charge in [-0.3, -0.25) is 0 Å². The highest BCUT2D eigenvalue weighted by atomic mass is 16.5. The van der Waals surface area contributed by atoms with E-state index in [1.807, 2.05) is 0 Å². The average Bonchev–Trinajstić information content (AvgIpc) is 2.92. The van der Waals surface area contributed by atoms with E-state index in [0.717, 1.165) is 12.2 Å². The van der Waals surface area contributed by atoms with Crippen molar-refractivity contribution in [2.75, 3.05) is 14.2 Å². The number of hydrogen-bond acceptors (Lipinski definition) is 2. The van der Waals surface area contributed by atoms with Crippen molar-refractivity contribution in [1.82, 2.24) is 5.32 Å². The van der Waals surface area contributed by atoms with Crippen molar-refractivity contribution in [2.45, 2.75) is 32.7 Å². The second-order valence-corrected chi connectivity index (χ2v) is 5.89. The third-order valence-corrected chi connectivity index (χ3v) is 4.65. The van der Waals surface area contributed by atoms with E-state index in [2.05, 4.69) is 56.5 Å². The molecule has 0 saturated carbocycles. The Labute approximate surface area is 127 Å². The molecule has 2 nitrogen and oxygen atoms in total. The van der Waals surface area contributed by atoms with Crippen LogP contribution in [0.25, 0.3) is 11.1 Å². The van der Waals surface area contributed by atoms with Crippen LogP contribution < -0.4 is 10.1 Å². The highest BCUT2D eigenvalue weighted by Gasteiger charge is 2.24. The lowest BCUT2D eigenvalue weighted by molar-refractivity contribution is 0.411. The minimum atomic E-state index is 0.500. The molecule has 1 unspecified atom stereocenters. The highest BCUT2D eigenvalue weighted by molar-refractivity contribution is 5.74. The van der Waals surface area contributed by atoms with Crippen LogP contribution in [0.4, 0.5) is 0 Å². The molecule has 2 heteroatoms. The van der Waals surface area contributed by atoms with Crippen LogP contribution in [0, 0.1) is 13.8 Å². The number of methoxy groups -OCH3 is 1. The van der Waals surface area contributed by atoms with Gasteiger partial charge in [0.25, 0.3) is 0 Å². The molecule has 1 aliphatic carbocycles. The van der Waals surface area contributed by atoms with E-state index in [-0.39, 0.29) is 0 Å². The lowest BCUT2D eigenvalue weighted by atomic mass is 9.92. The largest absolute Gasteiger partial charge is 0.496 e. The average molecular weight is 281 g/mol. The molecule has 1 atom stereocenters. The Kier molecular flexibility index (Phi) is 3.73. The van der Waals surface area contributed by atoms with Crippen LogP contribution in [-0.2, 0) is 6.42 Å². The molecule has 0 radical (unpaired) electrons. The lowest BCUT2D eigenvalue weighted by Crippen LogP contribution is -2.12. The van der Waals surface area contributed by atoms with Gasteiger partial charge in [0.2, 0.25) is 0 Å². The molecule has 0 aromatic heterocycles. The SMILES string of the molecule is CNC1CCc2c(-c3cc(C)c(OC)cc3C)cccc21. The van der Waals surface area contributed by atoms with Crippen LogP contribution >= 0.6 is 0 Å². The summed E-state index contributed by atoms with van der Waals surface area (Å²) < 4.78 is 5.43. The molecule has 2 aromatic rings. The first-order chi connectivity index (χ1) is 10.2. The summed E-state index contributed by atoms with van der Waals surface area (Å²) in [5.41, 5.74) is 8.15. The van der Waals surface area contributed by atoms with Gasteiger partial charge in [0.1, 0.15) is 5.75 Å². The molecule has 3 rings (SSSR count). The van der Waals surface area contributed by atoms with Crippen LogP contribution in [0.5, 0.6) is 5.75 Å². The van der Waals surface area contributed by atoms with Crippen molar-refractivity contribution < 1.29 is 4.74 Å². The van der Waals surface area contributed by atoms with Gasteiger partial charge in [-0.1, -0.05) is 18.2 Å². The summed E-state index contributed by atoms with van der Waals surface area (Å²) in [4.78, 5) is 0. The fourth-order valence-electron chi connectivity index (χ4n) is 3.51. The van der Waals surface area contributed by atoms with Crippen LogP contribution in [0.15, 0.2) is 30.3 Å². The fraction of sp³-hybridized carbons (Fsp3) is 0.368. The van der Waals surface area contributed by atoms with E-state index in [0.29, 0.717) is 6.04 Å². The van der Waals surface area contributed by atoms with E-state index < -0.39 is 0 Å². The number of hydrogen-bond donors (Lipinski definition) is 1. The Morgan fingerprint density at radius 1 is 1.10 bits per heavy atom. The minimum Gasteiger partial charge on any atom is -0.496 e. The van der Waals surface area contributed by atoms with Gasteiger partial charge in [-0.25, -0.2) is 0 Å². The van der Waals surface area contributed by atoms with Gasteiger partial charge in [-0.05, 0) is 79.3 Å². The van der Waals surface area contributed by atoms with Crippen molar-refractivity contribution in [3.05, 3.63) is 52.6 Å². The monoisotopic (exact) mass is 281 g/mol. The van der Waals surface area contributed by atoms with Crippen molar-refractivity contribution in [1.29, 1.82) is 0 Å². The summed E-state index contributed by atoms with van der Waals surface area (Å²) in [6, 6.07) is 11.6. The number of nitrogens with one attached hydrogen (secondary N) is 1. The van der Waals surface area contributed by atoms with Gasteiger partial charge in [-0.15, -0.1) is 0 Å². The van der Waals surface area contributed by atoms with E-state index in [1.165, 1.54) is 39.8 Å². The van der Waals surface area contributed by atoms with Crippen molar-refractivity contribution >= 4 is 0 Å². The van der Waals surface area contributed by atoms with Crippen molar-refractivity contribution in [2.24, 2.45) is 0 Å².